The lowest BCUT2D eigenvalue weighted by molar-refractivity contribution is -0.121. The number of carbonyl (C=O) groups excluding carboxylic acids is 1. The number of sulfonamides is 1. The Kier molecular flexibility index (Phi) is 8.46. The van der Waals surface area contributed by atoms with Gasteiger partial charge in [-0.3, -0.25) is 4.79 Å². The van der Waals surface area contributed by atoms with E-state index >= 15 is 0 Å². The molecule has 0 atom stereocenters. The highest BCUT2D eigenvalue weighted by Crippen LogP contribution is 2.17. The van der Waals surface area contributed by atoms with Gasteiger partial charge in [-0.25, -0.2) is 13.1 Å². The minimum absolute atomic E-state index is 0.0844. The Morgan fingerprint density at radius 2 is 1.47 bits per heavy atom. The Balaban J connectivity index is 1.44. The summed E-state index contributed by atoms with van der Waals surface area (Å²) in [4.78, 5) is 12.5. The van der Waals surface area contributed by atoms with Crippen LogP contribution in [0, 0.1) is 0 Å². The lowest BCUT2D eigenvalue weighted by atomic mass is 10.1. The topological polar surface area (TPSA) is 75.3 Å². The zero-order chi connectivity index (χ0) is 21.2. The monoisotopic (exact) mass is 428 g/mol. The van der Waals surface area contributed by atoms with Gasteiger partial charge >= 0.3 is 0 Å². The molecule has 2 aromatic carbocycles. The molecule has 6 heteroatoms. The van der Waals surface area contributed by atoms with Gasteiger partial charge in [0.25, 0.3) is 0 Å². The maximum absolute atomic E-state index is 12.5. The van der Waals surface area contributed by atoms with Crippen LogP contribution in [0.5, 0.6) is 0 Å². The number of rotatable bonds is 9. The van der Waals surface area contributed by atoms with Crippen molar-refractivity contribution < 1.29 is 13.2 Å². The summed E-state index contributed by atoms with van der Waals surface area (Å²) in [6, 6.07) is 16.9. The molecule has 0 spiro atoms. The lowest BCUT2D eigenvalue weighted by Crippen LogP contribution is -2.34. The molecule has 0 heterocycles. The lowest BCUT2D eigenvalue weighted by Gasteiger charge is -2.16. The maximum Gasteiger partial charge on any atom is 0.240 e. The van der Waals surface area contributed by atoms with Gasteiger partial charge < -0.3 is 5.32 Å². The van der Waals surface area contributed by atoms with Crippen molar-refractivity contribution in [3.8, 4) is 0 Å². The van der Waals surface area contributed by atoms with E-state index in [1.165, 1.54) is 25.7 Å². The van der Waals surface area contributed by atoms with E-state index in [1.54, 1.807) is 24.3 Å². The highest BCUT2D eigenvalue weighted by Gasteiger charge is 2.15. The highest BCUT2D eigenvalue weighted by molar-refractivity contribution is 7.89. The minimum atomic E-state index is -3.53. The standard InChI is InChI=1S/C24H32N2O3S/c27-24(26-22-10-6-1-2-7-11-22)17-14-21-12-15-23(16-13-21)30(28,29)25-19-18-20-8-4-3-5-9-20/h3-5,8-9,12-13,15-16,22,25H,1-2,6-7,10-11,14,17-19H2,(H,26,27). The number of benzene rings is 2. The van der Waals surface area contributed by atoms with E-state index in [1.807, 2.05) is 30.3 Å². The molecule has 2 aromatic rings. The maximum atomic E-state index is 12.5. The summed E-state index contributed by atoms with van der Waals surface area (Å²) in [5.74, 6) is 0.0844. The summed E-state index contributed by atoms with van der Waals surface area (Å²) < 4.78 is 27.6. The summed E-state index contributed by atoms with van der Waals surface area (Å²) >= 11 is 0. The van der Waals surface area contributed by atoms with Crippen LogP contribution in [-0.2, 0) is 27.7 Å². The first-order valence-corrected chi connectivity index (χ1v) is 12.4. The van der Waals surface area contributed by atoms with Gasteiger partial charge in [0, 0.05) is 19.0 Å². The molecule has 2 N–H and O–H groups in total. The van der Waals surface area contributed by atoms with Crippen LogP contribution in [0.1, 0.15) is 56.1 Å². The van der Waals surface area contributed by atoms with E-state index in [4.69, 9.17) is 0 Å². The van der Waals surface area contributed by atoms with Crippen molar-refractivity contribution in [2.75, 3.05) is 6.54 Å². The molecule has 1 amide bonds. The van der Waals surface area contributed by atoms with Crippen molar-refractivity contribution in [3.63, 3.8) is 0 Å². The highest BCUT2D eigenvalue weighted by atomic mass is 32.2. The smallest absolute Gasteiger partial charge is 0.240 e. The Labute approximate surface area is 180 Å². The van der Waals surface area contributed by atoms with Crippen molar-refractivity contribution in [2.24, 2.45) is 0 Å². The van der Waals surface area contributed by atoms with Gasteiger partial charge in [0.1, 0.15) is 0 Å². The van der Waals surface area contributed by atoms with Gasteiger partial charge in [0.2, 0.25) is 15.9 Å². The van der Waals surface area contributed by atoms with E-state index in [9.17, 15) is 13.2 Å². The second-order valence-electron chi connectivity index (χ2n) is 8.03. The molecule has 30 heavy (non-hydrogen) atoms. The quantitative estimate of drug-likeness (QED) is 0.593. The van der Waals surface area contributed by atoms with Crippen molar-refractivity contribution in [1.82, 2.24) is 10.0 Å². The van der Waals surface area contributed by atoms with Crippen LogP contribution < -0.4 is 10.0 Å². The van der Waals surface area contributed by atoms with Crippen LogP contribution in [-0.4, -0.2) is 26.9 Å². The fourth-order valence-electron chi connectivity index (χ4n) is 3.87. The van der Waals surface area contributed by atoms with Gasteiger partial charge in [0.15, 0.2) is 0 Å². The third-order valence-electron chi connectivity index (χ3n) is 5.64. The first kappa shape index (κ1) is 22.5. The molecule has 0 aliphatic heterocycles. The fourth-order valence-corrected chi connectivity index (χ4v) is 4.91. The molecule has 5 nitrogen and oxygen atoms in total. The largest absolute Gasteiger partial charge is 0.353 e. The Morgan fingerprint density at radius 3 is 2.13 bits per heavy atom. The van der Waals surface area contributed by atoms with Crippen molar-refractivity contribution >= 4 is 15.9 Å². The molecule has 1 saturated carbocycles. The summed E-state index contributed by atoms with van der Waals surface area (Å²) in [6.07, 6.45) is 8.77. The van der Waals surface area contributed by atoms with Crippen LogP contribution in [0.25, 0.3) is 0 Å². The summed E-state index contributed by atoms with van der Waals surface area (Å²) in [5, 5.41) is 3.16. The molecular weight excluding hydrogens is 396 g/mol. The second-order valence-corrected chi connectivity index (χ2v) is 9.80. The predicted octanol–water partition coefficient (Wildman–Crippen LogP) is 3.98. The fraction of sp³-hybridized carbons (Fsp3) is 0.458. The molecule has 1 aliphatic rings. The van der Waals surface area contributed by atoms with Crippen LogP contribution in [0.4, 0.5) is 0 Å². The van der Waals surface area contributed by atoms with Gasteiger partial charge in [0.05, 0.1) is 4.90 Å². The van der Waals surface area contributed by atoms with Gasteiger partial charge in [-0.1, -0.05) is 68.1 Å². The molecule has 0 radical (unpaired) electrons. The second kappa shape index (κ2) is 11.3. The predicted molar refractivity (Wildman–Crippen MR) is 120 cm³/mol. The average Bonchev–Trinajstić information content (AvgIpc) is 3.02. The summed E-state index contributed by atoms with van der Waals surface area (Å²) in [7, 11) is -3.53. The Bertz CT molecular complexity index is 888. The number of amides is 1. The van der Waals surface area contributed by atoms with Crippen molar-refractivity contribution in [2.45, 2.75) is 68.7 Å². The minimum Gasteiger partial charge on any atom is -0.353 e. The zero-order valence-corrected chi connectivity index (χ0v) is 18.3. The first-order valence-electron chi connectivity index (χ1n) is 10.9. The van der Waals surface area contributed by atoms with Gasteiger partial charge in [-0.15, -0.1) is 0 Å². The van der Waals surface area contributed by atoms with Gasteiger partial charge in [-0.2, -0.15) is 0 Å². The van der Waals surface area contributed by atoms with E-state index in [0.717, 1.165) is 24.0 Å². The molecule has 0 aromatic heterocycles. The molecule has 0 saturated heterocycles. The number of hydrogen-bond donors (Lipinski definition) is 2. The number of aryl methyl sites for hydroxylation is 1. The summed E-state index contributed by atoms with van der Waals surface area (Å²) in [6.45, 7) is 0.357. The normalized spacial score (nSPS) is 15.5. The Hall–Kier alpha value is -2.18. The van der Waals surface area contributed by atoms with E-state index in [2.05, 4.69) is 10.0 Å². The molecule has 0 bridgehead atoms. The number of carbonyl (C=O) groups is 1. The molecule has 1 aliphatic carbocycles. The molecule has 1 fully saturated rings. The van der Waals surface area contributed by atoms with E-state index < -0.39 is 10.0 Å². The first-order chi connectivity index (χ1) is 14.5. The zero-order valence-electron chi connectivity index (χ0n) is 17.5. The number of hydrogen-bond acceptors (Lipinski definition) is 3. The average molecular weight is 429 g/mol. The molecule has 0 unspecified atom stereocenters. The van der Waals surface area contributed by atoms with Crippen LogP contribution in [0.2, 0.25) is 0 Å². The third kappa shape index (κ3) is 7.26. The van der Waals surface area contributed by atoms with Crippen LogP contribution >= 0.6 is 0 Å². The SMILES string of the molecule is O=C(CCc1ccc(S(=O)(=O)NCCc2ccccc2)cc1)NC1CCCCCC1. The van der Waals surface area contributed by atoms with E-state index in [-0.39, 0.29) is 10.8 Å². The molecule has 162 valence electrons. The van der Waals surface area contributed by atoms with Gasteiger partial charge in [-0.05, 0) is 48.9 Å². The number of nitrogens with one attached hydrogen (secondary N) is 2. The Morgan fingerprint density at radius 1 is 0.833 bits per heavy atom. The van der Waals surface area contributed by atoms with Crippen LogP contribution in [0.15, 0.2) is 59.5 Å². The van der Waals surface area contributed by atoms with E-state index in [0.29, 0.717) is 31.8 Å². The molecule has 3 rings (SSSR count). The third-order valence-corrected chi connectivity index (χ3v) is 7.12. The van der Waals surface area contributed by atoms with Crippen LogP contribution in [0.3, 0.4) is 0 Å². The van der Waals surface area contributed by atoms with Crippen molar-refractivity contribution in [3.05, 3.63) is 65.7 Å². The molecular formula is C24H32N2O3S. The summed E-state index contributed by atoms with van der Waals surface area (Å²) in [5.41, 5.74) is 2.06. The van der Waals surface area contributed by atoms with Crippen molar-refractivity contribution in [1.29, 1.82) is 0 Å².